The predicted octanol–water partition coefficient (Wildman–Crippen LogP) is 4.73. The van der Waals surface area contributed by atoms with Crippen molar-refractivity contribution in [2.45, 2.75) is 39.5 Å². The van der Waals surface area contributed by atoms with Crippen LogP contribution in [0.2, 0.25) is 0 Å². The third-order valence-electron chi connectivity index (χ3n) is 3.10. The van der Waals surface area contributed by atoms with Crippen molar-refractivity contribution in [2.24, 2.45) is 0 Å². The standard InChI is InChI=1S/C18H24N2O2S/c1-18(2,3)22-17(21)20(4)13-14-7-5-8-15(11-14)19-12-16-9-6-10-23-16/h5-11,19H,12-13H2,1-4H3. The number of amides is 1. The monoisotopic (exact) mass is 332 g/mol. The first-order valence-corrected chi connectivity index (χ1v) is 8.51. The molecule has 5 heteroatoms. The van der Waals surface area contributed by atoms with Gasteiger partial charge in [0.25, 0.3) is 0 Å². The summed E-state index contributed by atoms with van der Waals surface area (Å²) in [5.41, 5.74) is 1.64. The Kier molecular flexibility index (Phi) is 5.66. The highest BCUT2D eigenvalue weighted by Gasteiger charge is 2.19. The summed E-state index contributed by atoms with van der Waals surface area (Å²) in [6, 6.07) is 12.3. The van der Waals surface area contributed by atoms with Crippen LogP contribution in [-0.2, 0) is 17.8 Å². The summed E-state index contributed by atoms with van der Waals surface area (Å²) < 4.78 is 5.37. The smallest absolute Gasteiger partial charge is 0.410 e. The number of carbonyl (C=O) groups is 1. The van der Waals surface area contributed by atoms with Crippen LogP contribution in [0.4, 0.5) is 10.5 Å². The van der Waals surface area contributed by atoms with Crippen LogP contribution < -0.4 is 5.32 Å². The molecule has 0 radical (unpaired) electrons. The van der Waals surface area contributed by atoms with E-state index in [-0.39, 0.29) is 6.09 Å². The molecule has 1 aromatic heterocycles. The van der Waals surface area contributed by atoms with E-state index >= 15 is 0 Å². The van der Waals surface area contributed by atoms with Crippen LogP contribution in [0.15, 0.2) is 41.8 Å². The summed E-state index contributed by atoms with van der Waals surface area (Å²) in [5, 5.41) is 5.48. The number of carbonyl (C=O) groups excluding carboxylic acids is 1. The average Bonchev–Trinajstić information content (AvgIpc) is 2.97. The van der Waals surface area contributed by atoms with Gasteiger partial charge in [0.05, 0.1) is 0 Å². The van der Waals surface area contributed by atoms with Crippen molar-refractivity contribution in [1.29, 1.82) is 0 Å². The lowest BCUT2D eigenvalue weighted by molar-refractivity contribution is 0.0285. The van der Waals surface area contributed by atoms with Crippen LogP contribution in [-0.4, -0.2) is 23.6 Å². The molecule has 23 heavy (non-hydrogen) atoms. The van der Waals surface area contributed by atoms with Crippen LogP contribution in [0, 0.1) is 0 Å². The van der Waals surface area contributed by atoms with E-state index in [1.807, 2.05) is 45.0 Å². The Morgan fingerprint density at radius 1 is 1.26 bits per heavy atom. The third kappa shape index (κ3) is 5.94. The minimum Gasteiger partial charge on any atom is -0.444 e. The predicted molar refractivity (Wildman–Crippen MR) is 95.8 cm³/mol. The van der Waals surface area contributed by atoms with Gasteiger partial charge in [-0.15, -0.1) is 11.3 Å². The van der Waals surface area contributed by atoms with Crippen molar-refractivity contribution in [1.82, 2.24) is 4.90 Å². The lowest BCUT2D eigenvalue weighted by Crippen LogP contribution is -2.33. The molecule has 1 N–H and O–H groups in total. The minimum atomic E-state index is -0.477. The normalized spacial score (nSPS) is 11.1. The maximum atomic E-state index is 12.0. The van der Waals surface area contributed by atoms with E-state index in [1.165, 1.54) is 4.88 Å². The second-order valence-corrected chi connectivity index (χ2v) is 7.50. The molecule has 0 unspecified atom stereocenters. The maximum absolute atomic E-state index is 12.0. The Labute approximate surface area is 142 Å². The Bertz CT molecular complexity index is 633. The Morgan fingerprint density at radius 2 is 2.04 bits per heavy atom. The molecule has 124 valence electrons. The molecule has 0 spiro atoms. The molecule has 0 aliphatic heterocycles. The lowest BCUT2D eigenvalue weighted by Gasteiger charge is -2.24. The molecule has 0 saturated carbocycles. The molecular formula is C18H24N2O2S. The molecule has 0 aliphatic carbocycles. The number of hydrogen-bond donors (Lipinski definition) is 1. The van der Waals surface area contributed by atoms with Gasteiger partial charge >= 0.3 is 6.09 Å². The number of thiophene rings is 1. The van der Waals surface area contributed by atoms with Crippen molar-refractivity contribution >= 4 is 23.1 Å². The van der Waals surface area contributed by atoms with E-state index in [9.17, 15) is 4.79 Å². The fourth-order valence-electron chi connectivity index (χ4n) is 2.06. The molecular weight excluding hydrogens is 308 g/mol. The largest absolute Gasteiger partial charge is 0.444 e. The van der Waals surface area contributed by atoms with Gasteiger partial charge in [-0.05, 0) is 49.9 Å². The summed E-state index contributed by atoms with van der Waals surface area (Å²) in [4.78, 5) is 14.9. The van der Waals surface area contributed by atoms with Gasteiger partial charge in [0.15, 0.2) is 0 Å². The van der Waals surface area contributed by atoms with Crippen LogP contribution in [0.25, 0.3) is 0 Å². The van der Waals surface area contributed by atoms with Gasteiger partial charge in [-0.25, -0.2) is 4.79 Å². The summed E-state index contributed by atoms with van der Waals surface area (Å²) in [6.07, 6.45) is -0.311. The van der Waals surface area contributed by atoms with Gasteiger partial charge in [0.1, 0.15) is 5.60 Å². The van der Waals surface area contributed by atoms with Crippen LogP contribution in [0.1, 0.15) is 31.2 Å². The molecule has 2 aromatic rings. The summed E-state index contributed by atoms with van der Waals surface area (Å²) in [7, 11) is 1.75. The summed E-state index contributed by atoms with van der Waals surface area (Å²) in [5.74, 6) is 0. The first-order chi connectivity index (χ1) is 10.8. The van der Waals surface area contributed by atoms with E-state index in [1.54, 1.807) is 23.3 Å². The van der Waals surface area contributed by atoms with E-state index in [0.717, 1.165) is 17.8 Å². The zero-order valence-electron chi connectivity index (χ0n) is 14.1. The summed E-state index contributed by atoms with van der Waals surface area (Å²) in [6.45, 7) is 6.93. The number of hydrogen-bond acceptors (Lipinski definition) is 4. The van der Waals surface area contributed by atoms with Gasteiger partial charge in [0.2, 0.25) is 0 Å². The molecule has 0 bridgehead atoms. The van der Waals surface area contributed by atoms with Crippen molar-refractivity contribution in [2.75, 3.05) is 12.4 Å². The molecule has 1 aromatic carbocycles. The van der Waals surface area contributed by atoms with Crippen molar-refractivity contribution in [3.05, 3.63) is 52.2 Å². The summed E-state index contributed by atoms with van der Waals surface area (Å²) >= 11 is 1.73. The first kappa shape index (κ1) is 17.3. The molecule has 0 atom stereocenters. The minimum absolute atomic E-state index is 0.311. The van der Waals surface area contributed by atoms with Crippen molar-refractivity contribution in [3.63, 3.8) is 0 Å². The molecule has 0 fully saturated rings. The van der Waals surface area contributed by atoms with E-state index in [0.29, 0.717) is 6.54 Å². The number of nitrogens with one attached hydrogen (secondary N) is 1. The van der Waals surface area contributed by atoms with Gasteiger partial charge < -0.3 is 15.0 Å². The molecule has 0 saturated heterocycles. The molecule has 2 rings (SSSR count). The number of nitrogens with zero attached hydrogens (tertiary/aromatic N) is 1. The van der Waals surface area contributed by atoms with Crippen LogP contribution in [0.3, 0.4) is 0 Å². The first-order valence-electron chi connectivity index (χ1n) is 7.63. The number of rotatable bonds is 5. The highest BCUT2D eigenvalue weighted by molar-refractivity contribution is 7.09. The highest BCUT2D eigenvalue weighted by Crippen LogP contribution is 2.16. The second-order valence-electron chi connectivity index (χ2n) is 6.47. The number of ether oxygens (including phenoxy) is 1. The van der Waals surface area contributed by atoms with E-state index < -0.39 is 5.60 Å². The van der Waals surface area contributed by atoms with Crippen LogP contribution in [0.5, 0.6) is 0 Å². The van der Waals surface area contributed by atoms with Gasteiger partial charge in [-0.2, -0.15) is 0 Å². The van der Waals surface area contributed by atoms with Gasteiger partial charge in [-0.1, -0.05) is 18.2 Å². The quantitative estimate of drug-likeness (QED) is 0.861. The number of benzene rings is 1. The Hall–Kier alpha value is -2.01. The molecule has 0 aliphatic rings. The SMILES string of the molecule is CN(Cc1cccc(NCc2cccs2)c1)C(=O)OC(C)(C)C. The second kappa shape index (κ2) is 7.51. The van der Waals surface area contributed by atoms with Gasteiger partial charge in [-0.3, -0.25) is 0 Å². The molecule has 1 amide bonds. The van der Waals surface area contributed by atoms with Crippen molar-refractivity contribution in [3.8, 4) is 0 Å². The van der Waals surface area contributed by atoms with Gasteiger partial charge in [0, 0.05) is 30.7 Å². The van der Waals surface area contributed by atoms with Crippen molar-refractivity contribution < 1.29 is 9.53 Å². The van der Waals surface area contributed by atoms with E-state index in [2.05, 4.69) is 22.8 Å². The number of anilines is 1. The fraction of sp³-hybridized carbons (Fsp3) is 0.389. The average molecular weight is 332 g/mol. The van der Waals surface area contributed by atoms with E-state index in [4.69, 9.17) is 4.74 Å². The topological polar surface area (TPSA) is 41.6 Å². The fourth-order valence-corrected chi connectivity index (χ4v) is 2.70. The Morgan fingerprint density at radius 3 is 2.70 bits per heavy atom. The molecule has 1 heterocycles. The zero-order valence-corrected chi connectivity index (χ0v) is 14.9. The lowest BCUT2D eigenvalue weighted by atomic mass is 10.2. The maximum Gasteiger partial charge on any atom is 0.410 e. The third-order valence-corrected chi connectivity index (χ3v) is 3.98. The Balaban J connectivity index is 1.92. The highest BCUT2D eigenvalue weighted by atomic mass is 32.1. The molecule has 4 nitrogen and oxygen atoms in total. The zero-order chi connectivity index (χ0) is 16.9. The van der Waals surface area contributed by atoms with Crippen LogP contribution >= 0.6 is 11.3 Å².